The molecule has 9 heteroatoms. The molecule has 0 fully saturated rings. The molecule has 3 aromatic carbocycles. The van der Waals surface area contributed by atoms with Gasteiger partial charge in [0.2, 0.25) is 11.8 Å². The van der Waals surface area contributed by atoms with Crippen molar-refractivity contribution in [2.75, 3.05) is 10.8 Å². The van der Waals surface area contributed by atoms with Crippen LogP contribution in [0.1, 0.15) is 44.7 Å². The monoisotopic (exact) mass is 569 g/mol. The highest BCUT2D eigenvalue weighted by Gasteiger charge is 2.33. The topological polar surface area (TPSA) is 86.8 Å². The Morgan fingerprint density at radius 1 is 0.923 bits per heavy atom. The molecule has 0 saturated carbocycles. The Balaban J connectivity index is 2.03. The molecule has 3 rings (SSSR count). The first kappa shape index (κ1) is 30.2. The van der Waals surface area contributed by atoms with Crippen LogP contribution in [0.3, 0.4) is 0 Å². The molecular formula is C30H36ClN3O4S. The zero-order valence-corrected chi connectivity index (χ0v) is 24.4. The lowest BCUT2D eigenvalue weighted by Gasteiger charge is -2.33. The van der Waals surface area contributed by atoms with Crippen LogP contribution in [0.15, 0.2) is 83.8 Å². The molecule has 0 aliphatic rings. The van der Waals surface area contributed by atoms with Crippen LogP contribution >= 0.6 is 11.6 Å². The van der Waals surface area contributed by atoms with Gasteiger partial charge in [-0.2, -0.15) is 0 Å². The minimum absolute atomic E-state index is 0.00958. The highest BCUT2D eigenvalue weighted by molar-refractivity contribution is 7.92. The van der Waals surface area contributed by atoms with E-state index < -0.39 is 28.5 Å². The van der Waals surface area contributed by atoms with E-state index in [4.69, 9.17) is 11.6 Å². The molecule has 0 spiro atoms. The summed E-state index contributed by atoms with van der Waals surface area (Å²) in [4.78, 5) is 28.8. The number of carbonyl (C=O) groups is 2. The van der Waals surface area contributed by atoms with Gasteiger partial charge in [-0.25, -0.2) is 8.42 Å². The van der Waals surface area contributed by atoms with Crippen LogP contribution in [0.2, 0.25) is 5.02 Å². The Morgan fingerprint density at radius 3 is 2.18 bits per heavy atom. The largest absolute Gasteiger partial charge is 0.352 e. The smallest absolute Gasteiger partial charge is 0.264 e. The lowest BCUT2D eigenvalue weighted by molar-refractivity contribution is -0.140. The first-order chi connectivity index (χ1) is 18.6. The van der Waals surface area contributed by atoms with Crippen molar-refractivity contribution in [2.24, 2.45) is 0 Å². The molecule has 2 amide bonds. The summed E-state index contributed by atoms with van der Waals surface area (Å²) < 4.78 is 28.7. The van der Waals surface area contributed by atoms with Crippen molar-refractivity contribution in [1.29, 1.82) is 0 Å². The molecule has 0 aromatic heterocycles. The molecule has 208 valence electrons. The number of hydrogen-bond donors (Lipinski definition) is 1. The van der Waals surface area contributed by atoms with Gasteiger partial charge in [-0.1, -0.05) is 73.5 Å². The molecular weight excluding hydrogens is 534 g/mol. The van der Waals surface area contributed by atoms with Crippen LogP contribution in [0.4, 0.5) is 5.69 Å². The van der Waals surface area contributed by atoms with Gasteiger partial charge in [0.15, 0.2) is 0 Å². The molecule has 0 heterocycles. The number of benzene rings is 3. The minimum atomic E-state index is -4.13. The fraction of sp³-hybridized carbons (Fsp3) is 0.333. The molecule has 0 unspecified atom stereocenters. The third-order valence-electron chi connectivity index (χ3n) is 6.55. The number of carbonyl (C=O) groups excluding carboxylic acids is 2. The van der Waals surface area contributed by atoms with Crippen LogP contribution in [0, 0.1) is 6.92 Å². The molecule has 3 aromatic rings. The fourth-order valence-corrected chi connectivity index (χ4v) is 5.76. The molecule has 39 heavy (non-hydrogen) atoms. The summed E-state index contributed by atoms with van der Waals surface area (Å²) in [6, 6.07) is 21.2. The second-order valence-electron chi connectivity index (χ2n) is 9.55. The maximum absolute atomic E-state index is 14.0. The van der Waals surface area contributed by atoms with Crippen molar-refractivity contribution in [1.82, 2.24) is 10.2 Å². The first-order valence-corrected chi connectivity index (χ1v) is 14.9. The molecule has 0 saturated heterocycles. The lowest BCUT2D eigenvalue weighted by atomic mass is 10.1. The maximum atomic E-state index is 14.0. The van der Waals surface area contributed by atoms with Crippen molar-refractivity contribution in [2.45, 2.75) is 64.1 Å². The maximum Gasteiger partial charge on any atom is 0.264 e. The van der Waals surface area contributed by atoms with Gasteiger partial charge in [-0.15, -0.1) is 0 Å². The molecule has 0 bridgehead atoms. The Kier molecular flexibility index (Phi) is 10.5. The van der Waals surface area contributed by atoms with Crippen molar-refractivity contribution < 1.29 is 18.0 Å². The van der Waals surface area contributed by atoms with E-state index in [0.717, 1.165) is 21.9 Å². The molecule has 7 nitrogen and oxygen atoms in total. The van der Waals surface area contributed by atoms with Crippen LogP contribution in [-0.4, -0.2) is 43.8 Å². The number of halogens is 1. The Hall–Kier alpha value is -3.36. The summed E-state index contributed by atoms with van der Waals surface area (Å²) in [5, 5.41) is 3.38. The number of aryl methyl sites for hydroxylation is 1. The van der Waals surface area contributed by atoms with Gasteiger partial charge in [0, 0.05) is 17.6 Å². The van der Waals surface area contributed by atoms with Crippen molar-refractivity contribution in [3.05, 3.63) is 95.0 Å². The van der Waals surface area contributed by atoms with Gasteiger partial charge < -0.3 is 10.2 Å². The van der Waals surface area contributed by atoms with Crippen molar-refractivity contribution in [3.8, 4) is 0 Å². The van der Waals surface area contributed by atoms with Gasteiger partial charge in [0.05, 0.1) is 10.6 Å². The normalized spacial score (nSPS) is 12.8. The number of rotatable bonds is 12. The van der Waals surface area contributed by atoms with E-state index >= 15 is 0 Å². The predicted molar refractivity (Wildman–Crippen MR) is 156 cm³/mol. The zero-order chi connectivity index (χ0) is 28.6. The summed E-state index contributed by atoms with van der Waals surface area (Å²) >= 11 is 5.99. The molecule has 2 atom stereocenters. The molecule has 0 aliphatic heterocycles. The first-order valence-electron chi connectivity index (χ1n) is 13.1. The van der Waals surface area contributed by atoms with E-state index in [-0.39, 0.29) is 23.4 Å². The highest BCUT2D eigenvalue weighted by atomic mass is 35.5. The van der Waals surface area contributed by atoms with Gasteiger partial charge in [-0.05, 0) is 68.7 Å². The number of nitrogens with one attached hydrogen (secondary N) is 1. The number of hydrogen-bond acceptors (Lipinski definition) is 4. The SMILES string of the molecule is CC[C@H](C(=O)N[C@@H](C)CC)N(Cc1cccc(C)c1)C(=O)CN(c1ccccc1)S(=O)(=O)c1ccc(Cl)cc1. The highest BCUT2D eigenvalue weighted by Crippen LogP contribution is 2.25. The lowest BCUT2D eigenvalue weighted by Crippen LogP contribution is -2.53. The zero-order valence-electron chi connectivity index (χ0n) is 22.8. The molecule has 0 radical (unpaired) electrons. The van der Waals surface area contributed by atoms with Crippen LogP contribution in [0.5, 0.6) is 0 Å². The van der Waals surface area contributed by atoms with Crippen LogP contribution in [-0.2, 0) is 26.2 Å². The number of sulfonamides is 1. The van der Waals surface area contributed by atoms with Crippen molar-refractivity contribution in [3.63, 3.8) is 0 Å². The molecule has 0 aliphatic carbocycles. The van der Waals surface area contributed by atoms with Gasteiger partial charge in [-0.3, -0.25) is 13.9 Å². The second-order valence-corrected chi connectivity index (χ2v) is 11.9. The van der Waals surface area contributed by atoms with E-state index in [0.29, 0.717) is 17.1 Å². The van der Waals surface area contributed by atoms with E-state index in [9.17, 15) is 18.0 Å². The van der Waals surface area contributed by atoms with Crippen molar-refractivity contribution >= 4 is 39.1 Å². The average molecular weight is 570 g/mol. The fourth-order valence-electron chi connectivity index (χ4n) is 4.22. The third kappa shape index (κ3) is 7.83. The van der Waals surface area contributed by atoms with Crippen LogP contribution < -0.4 is 9.62 Å². The Morgan fingerprint density at radius 2 is 1.59 bits per heavy atom. The Labute approximate surface area is 236 Å². The summed E-state index contributed by atoms with van der Waals surface area (Å²) in [6.07, 6.45) is 1.12. The average Bonchev–Trinajstić information content (AvgIpc) is 2.92. The van der Waals surface area contributed by atoms with Crippen LogP contribution in [0.25, 0.3) is 0 Å². The molecule has 1 N–H and O–H groups in total. The summed E-state index contributed by atoms with van der Waals surface area (Å²) in [5.74, 6) is -0.747. The third-order valence-corrected chi connectivity index (χ3v) is 8.59. The van der Waals surface area contributed by atoms with Gasteiger partial charge >= 0.3 is 0 Å². The van der Waals surface area contributed by atoms with E-state index in [1.165, 1.54) is 29.2 Å². The predicted octanol–water partition coefficient (Wildman–Crippen LogP) is 5.57. The number of anilines is 1. The summed E-state index contributed by atoms with van der Waals surface area (Å²) in [5.41, 5.74) is 2.21. The Bertz CT molecular complexity index is 1360. The number of para-hydroxylation sites is 1. The second kappa shape index (κ2) is 13.6. The summed E-state index contributed by atoms with van der Waals surface area (Å²) in [7, 11) is -4.13. The van der Waals surface area contributed by atoms with Gasteiger partial charge in [0.1, 0.15) is 12.6 Å². The summed E-state index contributed by atoms with van der Waals surface area (Å²) in [6.45, 7) is 7.37. The minimum Gasteiger partial charge on any atom is -0.352 e. The van der Waals surface area contributed by atoms with Gasteiger partial charge in [0.25, 0.3) is 10.0 Å². The van der Waals surface area contributed by atoms with E-state index in [1.54, 1.807) is 30.3 Å². The number of nitrogens with zero attached hydrogens (tertiary/aromatic N) is 2. The standard InChI is InChI=1S/C30H36ClN3O4S/c1-5-23(4)32-30(36)28(6-2)33(20-24-12-10-11-22(3)19-24)29(35)21-34(26-13-8-7-9-14-26)39(37,38)27-17-15-25(31)16-18-27/h7-19,23,28H,5-6,20-21H2,1-4H3,(H,32,36)/t23-,28+/m0/s1. The quantitative estimate of drug-likeness (QED) is 0.309. The van der Waals surface area contributed by atoms with E-state index in [1.807, 2.05) is 52.0 Å². The number of amides is 2. The van der Waals surface area contributed by atoms with E-state index in [2.05, 4.69) is 5.32 Å².